The highest BCUT2D eigenvalue weighted by molar-refractivity contribution is 9.10. The van der Waals surface area contributed by atoms with Gasteiger partial charge in [-0.2, -0.15) is 0 Å². The van der Waals surface area contributed by atoms with E-state index in [9.17, 15) is 9.18 Å². The summed E-state index contributed by atoms with van der Waals surface area (Å²) in [6.45, 7) is 4.61. The summed E-state index contributed by atoms with van der Waals surface area (Å²) in [5.41, 5.74) is 0.310. The first-order valence-electron chi connectivity index (χ1n) is 5.95. The van der Waals surface area contributed by atoms with E-state index in [0.29, 0.717) is 16.6 Å². The topological polar surface area (TPSA) is 38.3 Å². The number of ether oxygens (including phenoxy) is 1. The van der Waals surface area contributed by atoms with Crippen molar-refractivity contribution in [2.75, 3.05) is 13.2 Å². The zero-order valence-electron chi connectivity index (χ0n) is 10.5. The van der Waals surface area contributed by atoms with Gasteiger partial charge in [0.2, 0.25) is 0 Å². The SMILES string of the molecule is CCCNC(C(=O)OCC)c1ccc(Br)cc1F. The Labute approximate surface area is 115 Å². The molecule has 0 aliphatic carbocycles. The third kappa shape index (κ3) is 4.07. The average molecular weight is 318 g/mol. The second-order valence-electron chi connectivity index (χ2n) is 3.81. The van der Waals surface area contributed by atoms with Gasteiger partial charge in [-0.3, -0.25) is 0 Å². The maximum atomic E-state index is 13.9. The smallest absolute Gasteiger partial charge is 0.327 e. The monoisotopic (exact) mass is 317 g/mol. The number of hydrogen-bond acceptors (Lipinski definition) is 3. The molecule has 0 saturated heterocycles. The van der Waals surface area contributed by atoms with Crippen molar-refractivity contribution in [3.8, 4) is 0 Å². The van der Waals surface area contributed by atoms with Crippen LogP contribution in [-0.4, -0.2) is 19.1 Å². The fourth-order valence-electron chi connectivity index (χ4n) is 1.57. The van der Waals surface area contributed by atoms with Gasteiger partial charge in [0, 0.05) is 10.0 Å². The number of benzene rings is 1. The Balaban J connectivity index is 2.97. The van der Waals surface area contributed by atoms with Gasteiger partial charge in [0.05, 0.1) is 6.61 Å². The summed E-state index contributed by atoms with van der Waals surface area (Å²) >= 11 is 3.19. The molecule has 0 bridgehead atoms. The maximum absolute atomic E-state index is 13.9. The lowest BCUT2D eigenvalue weighted by molar-refractivity contribution is -0.145. The molecule has 1 N–H and O–H groups in total. The highest BCUT2D eigenvalue weighted by Gasteiger charge is 2.24. The first-order chi connectivity index (χ1) is 8.60. The normalized spacial score (nSPS) is 12.2. The van der Waals surface area contributed by atoms with E-state index in [1.54, 1.807) is 19.1 Å². The second kappa shape index (κ2) is 7.48. The summed E-state index contributed by atoms with van der Waals surface area (Å²) in [4.78, 5) is 11.8. The highest BCUT2D eigenvalue weighted by atomic mass is 79.9. The highest BCUT2D eigenvalue weighted by Crippen LogP contribution is 2.22. The molecule has 5 heteroatoms. The van der Waals surface area contributed by atoms with Crippen LogP contribution >= 0.6 is 15.9 Å². The van der Waals surface area contributed by atoms with Gasteiger partial charge >= 0.3 is 5.97 Å². The minimum absolute atomic E-state index is 0.279. The van der Waals surface area contributed by atoms with E-state index in [4.69, 9.17) is 4.74 Å². The van der Waals surface area contributed by atoms with E-state index < -0.39 is 17.8 Å². The van der Waals surface area contributed by atoms with Crippen molar-refractivity contribution in [2.24, 2.45) is 0 Å². The second-order valence-corrected chi connectivity index (χ2v) is 4.72. The Hall–Kier alpha value is -0.940. The van der Waals surface area contributed by atoms with E-state index in [2.05, 4.69) is 21.2 Å². The van der Waals surface area contributed by atoms with Crippen molar-refractivity contribution < 1.29 is 13.9 Å². The Morgan fingerprint density at radius 2 is 2.22 bits per heavy atom. The summed E-state index contributed by atoms with van der Waals surface area (Å²) in [5.74, 6) is -0.877. The van der Waals surface area contributed by atoms with Crippen LogP contribution in [0.4, 0.5) is 4.39 Å². The van der Waals surface area contributed by atoms with Crippen LogP contribution in [0.25, 0.3) is 0 Å². The van der Waals surface area contributed by atoms with Crippen LogP contribution in [0.5, 0.6) is 0 Å². The van der Waals surface area contributed by atoms with Crippen molar-refractivity contribution in [1.29, 1.82) is 0 Å². The van der Waals surface area contributed by atoms with E-state index in [-0.39, 0.29) is 6.61 Å². The fraction of sp³-hybridized carbons (Fsp3) is 0.462. The molecule has 1 atom stereocenters. The number of esters is 1. The van der Waals surface area contributed by atoms with Crippen LogP contribution in [0.2, 0.25) is 0 Å². The zero-order valence-corrected chi connectivity index (χ0v) is 12.1. The van der Waals surface area contributed by atoms with Crippen molar-refractivity contribution in [1.82, 2.24) is 5.32 Å². The molecule has 0 amide bonds. The van der Waals surface area contributed by atoms with Gasteiger partial charge in [-0.05, 0) is 32.0 Å². The largest absolute Gasteiger partial charge is 0.465 e. The first-order valence-corrected chi connectivity index (χ1v) is 6.74. The Morgan fingerprint density at radius 3 is 2.78 bits per heavy atom. The van der Waals surface area contributed by atoms with Crippen LogP contribution < -0.4 is 5.32 Å². The number of halogens is 2. The molecule has 1 unspecified atom stereocenters. The Bertz CT molecular complexity index is 412. The van der Waals surface area contributed by atoms with Crippen LogP contribution in [0.15, 0.2) is 22.7 Å². The summed E-state index contributed by atoms with van der Waals surface area (Å²) in [7, 11) is 0. The molecule has 3 nitrogen and oxygen atoms in total. The summed E-state index contributed by atoms with van der Waals surface area (Å²) in [6, 6.07) is 3.88. The molecule has 0 radical (unpaired) electrons. The lowest BCUT2D eigenvalue weighted by Gasteiger charge is -2.18. The van der Waals surface area contributed by atoms with Gasteiger partial charge in [0.25, 0.3) is 0 Å². The molecule has 0 spiro atoms. The molecule has 0 aromatic heterocycles. The van der Waals surface area contributed by atoms with Crippen molar-refractivity contribution in [3.05, 3.63) is 34.1 Å². The van der Waals surface area contributed by atoms with E-state index in [1.165, 1.54) is 6.07 Å². The first kappa shape index (κ1) is 15.1. The number of hydrogen-bond donors (Lipinski definition) is 1. The van der Waals surface area contributed by atoms with Crippen molar-refractivity contribution in [2.45, 2.75) is 26.3 Å². The molecule has 1 aromatic carbocycles. The lowest BCUT2D eigenvalue weighted by atomic mass is 10.1. The third-order valence-corrected chi connectivity index (χ3v) is 2.89. The zero-order chi connectivity index (χ0) is 13.5. The minimum Gasteiger partial charge on any atom is -0.465 e. The van der Waals surface area contributed by atoms with Crippen LogP contribution in [0.3, 0.4) is 0 Å². The van der Waals surface area contributed by atoms with Crippen LogP contribution in [0, 0.1) is 5.82 Å². The predicted octanol–water partition coefficient (Wildman–Crippen LogP) is 3.19. The molecular weight excluding hydrogens is 301 g/mol. The summed E-state index contributed by atoms with van der Waals surface area (Å²) < 4.78 is 19.5. The fourth-order valence-corrected chi connectivity index (χ4v) is 1.90. The number of carbonyl (C=O) groups is 1. The van der Waals surface area contributed by atoms with E-state index in [0.717, 1.165) is 6.42 Å². The Kier molecular flexibility index (Phi) is 6.29. The van der Waals surface area contributed by atoms with Gasteiger partial charge in [-0.1, -0.05) is 28.9 Å². The van der Waals surface area contributed by atoms with Crippen LogP contribution in [0.1, 0.15) is 31.9 Å². The maximum Gasteiger partial charge on any atom is 0.327 e. The Morgan fingerprint density at radius 1 is 1.50 bits per heavy atom. The molecule has 18 heavy (non-hydrogen) atoms. The van der Waals surface area contributed by atoms with Crippen molar-refractivity contribution >= 4 is 21.9 Å². The number of nitrogens with one attached hydrogen (secondary N) is 1. The van der Waals surface area contributed by atoms with Gasteiger partial charge < -0.3 is 10.1 Å². The average Bonchev–Trinajstić information content (AvgIpc) is 2.32. The van der Waals surface area contributed by atoms with Crippen LogP contribution in [-0.2, 0) is 9.53 Å². The van der Waals surface area contributed by atoms with Gasteiger partial charge in [-0.15, -0.1) is 0 Å². The molecule has 100 valence electrons. The lowest BCUT2D eigenvalue weighted by Crippen LogP contribution is -2.31. The standard InChI is InChI=1S/C13H17BrFNO2/c1-3-7-16-12(13(17)18-4-2)10-6-5-9(14)8-11(10)15/h5-6,8,12,16H,3-4,7H2,1-2H3. The van der Waals surface area contributed by atoms with Gasteiger partial charge in [-0.25, -0.2) is 9.18 Å². The van der Waals surface area contributed by atoms with Gasteiger partial charge in [0.15, 0.2) is 0 Å². The third-order valence-electron chi connectivity index (χ3n) is 2.39. The summed E-state index contributed by atoms with van der Waals surface area (Å²) in [5, 5.41) is 3.00. The molecular formula is C13H17BrFNO2. The van der Waals surface area contributed by atoms with Crippen molar-refractivity contribution in [3.63, 3.8) is 0 Å². The predicted molar refractivity (Wildman–Crippen MR) is 71.8 cm³/mol. The molecule has 0 fully saturated rings. The van der Waals surface area contributed by atoms with E-state index in [1.807, 2.05) is 6.92 Å². The molecule has 1 aromatic rings. The van der Waals surface area contributed by atoms with Gasteiger partial charge in [0.1, 0.15) is 11.9 Å². The number of carbonyl (C=O) groups excluding carboxylic acids is 1. The quantitative estimate of drug-likeness (QED) is 0.819. The molecule has 0 aliphatic rings. The minimum atomic E-state index is -0.752. The summed E-state index contributed by atoms with van der Waals surface area (Å²) in [6.07, 6.45) is 0.855. The molecule has 1 rings (SSSR count). The molecule has 0 saturated carbocycles. The van der Waals surface area contributed by atoms with E-state index >= 15 is 0 Å². The molecule has 0 heterocycles. The molecule has 0 aliphatic heterocycles. The number of rotatable bonds is 6.